The molecule has 3 heteroatoms. The van der Waals surface area contributed by atoms with E-state index in [1.807, 2.05) is 0 Å². The summed E-state index contributed by atoms with van der Waals surface area (Å²) in [7, 11) is 0. The molecule has 2 fully saturated rings. The maximum Gasteiger partial charge on any atom is 0.0700 e. The third-order valence-corrected chi connectivity index (χ3v) is 5.82. The molecule has 1 N–H and O–H groups in total. The fourth-order valence-corrected chi connectivity index (χ4v) is 3.78. The van der Waals surface area contributed by atoms with Gasteiger partial charge in [-0.3, -0.25) is 4.90 Å². The van der Waals surface area contributed by atoms with E-state index in [1.54, 1.807) is 0 Å². The van der Waals surface area contributed by atoms with Crippen LogP contribution in [0.15, 0.2) is 0 Å². The average Bonchev–Trinajstić information content (AvgIpc) is 3.00. The van der Waals surface area contributed by atoms with E-state index >= 15 is 0 Å². The lowest BCUT2D eigenvalue weighted by molar-refractivity contribution is 0.0678. The zero-order valence-electron chi connectivity index (χ0n) is 13.8. The molecule has 0 aromatic carbocycles. The van der Waals surface area contributed by atoms with Crippen molar-refractivity contribution in [2.45, 2.75) is 71.4 Å². The summed E-state index contributed by atoms with van der Waals surface area (Å²) in [5, 5.41) is 3.61. The third-order valence-electron chi connectivity index (χ3n) is 5.82. The monoisotopic (exact) mass is 282 g/mol. The van der Waals surface area contributed by atoms with Gasteiger partial charge in [-0.25, -0.2) is 0 Å². The van der Waals surface area contributed by atoms with Gasteiger partial charge in [-0.1, -0.05) is 26.7 Å². The van der Waals surface area contributed by atoms with Crippen molar-refractivity contribution in [2.75, 3.05) is 32.8 Å². The summed E-state index contributed by atoms with van der Waals surface area (Å²) >= 11 is 0. The maximum absolute atomic E-state index is 5.66. The van der Waals surface area contributed by atoms with Crippen molar-refractivity contribution in [3.8, 4) is 0 Å². The summed E-state index contributed by atoms with van der Waals surface area (Å²) in [5.74, 6) is 0. The Morgan fingerprint density at radius 2 is 1.95 bits per heavy atom. The van der Waals surface area contributed by atoms with E-state index in [-0.39, 0.29) is 0 Å². The molecule has 2 rings (SSSR count). The Balaban J connectivity index is 1.65. The minimum atomic E-state index is 0.469. The van der Waals surface area contributed by atoms with Gasteiger partial charge in [0.25, 0.3) is 0 Å². The smallest absolute Gasteiger partial charge is 0.0700 e. The summed E-state index contributed by atoms with van der Waals surface area (Å²) in [6, 6.07) is 0.656. The zero-order chi connectivity index (χ0) is 14.4. The van der Waals surface area contributed by atoms with Crippen LogP contribution in [0, 0.1) is 5.41 Å². The summed E-state index contributed by atoms with van der Waals surface area (Å²) in [6.07, 6.45) is 8.42. The second-order valence-electron chi connectivity index (χ2n) is 6.89. The number of hydrogen-bond donors (Lipinski definition) is 1. The Kier molecular flexibility index (Phi) is 6.31. The number of likely N-dealkylation sites (tertiary alicyclic amines) is 1. The van der Waals surface area contributed by atoms with Crippen LogP contribution in [0.4, 0.5) is 0 Å². The van der Waals surface area contributed by atoms with E-state index in [4.69, 9.17) is 4.74 Å². The highest BCUT2D eigenvalue weighted by Gasteiger charge is 2.32. The second-order valence-corrected chi connectivity index (χ2v) is 6.89. The van der Waals surface area contributed by atoms with Crippen molar-refractivity contribution in [3.05, 3.63) is 0 Å². The van der Waals surface area contributed by atoms with Crippen LogP contribution in [-0.2, 0) is 4.74 Å². The van der Waals surface area contributed by atoms with Crippen molar-refractivity contribution >= 4 is 0 Å². The van der Waals surface area contributed by atoms with E-state index in [2.05, 4.69) is 31.0 Å². The molecule has 2 saturated heterocycles. The highest BCUT2D eigenvalue weighted by molar-refractivity contribution is 4.86. The van der Waals surface area contributed by atoms with Crippen LogP contribution < -0.4 is 5.32 Å². The van der Waals surface area contributed by atoms with Gasteiger partial charge in [-0.15, -0.1) is 0 Å². The maximum atomic E-state index is 5.66. The molecule has 0 bridgehead atoms. The molecule has 118 valence electrons. The minimum Gasteiger partial charge on any atom is -0.377 e. The predicted octanol–water partition coefficient (Wildman–Crippen LogP) is 3.05. The summed E-state index contributed by atoms with van der Waals surface area (Å²) in [5.41, 5.74) is 0.640. The largest absolute Gasteiger partial charge is 0.377 e. The van der Waals surface area contributed by atoms with Gasteiger partial charge in [0.05, 0.1) is 6.10 Å². The lowest BCUT2D eigenvalue weighted by atomic mass is 9.74. The molecule has 2 atom stereocenters. The Morgan fingerprint density at radius 1 is 1.25 bits per heavy atom. The first-order chi connectivity index (χ1) is 9.69. The van der Waals surface area contributed by atoms with Crippen molar-refractivity contribution in [1.29, 1.82) is 0 Å². The molecule has 20 heavy (non-hydrogen) atoms. The minimum absolute atomic E-state index is 0.469. The van der Waals surface area contributed by atoms with Gasteiger partial charge in [-0.05, 0) is 51.1 Å². The summed E-state index contributed by atoms with van der Waals surface area (Å²) < 4.78 is 5.66. The van der Waals surface area contributed by atoms with E-state index in [9.17, 15) is 0 Å². The standard InChI is InChI=1S/C17H34N2O/c1-4-17(5-2)8-10-19(11-9-17)15(3)13-18-14-16-7-6-12-20-16/h15-16,18H,4-14H2,1-3H3. The molecule has 0 amide bonds. The Morgan fingerprint density at radius 3 is 2.50 bits per heavy atom. The first-order valence-electron chi connectivity index (χ1n) is 8.75. The molecule has 3 nitrogen and oxygen atoms in total. The van der Waals surface area contributed by atoms with Crippen molar-refractivity contribution in [1.82, 2.24) is 10.2 Å². The number of rotatable bonds is 7. The van der Waals surface area contributed by atoms with Gasteiger partial charge in [0, 0.05) is 25.7 Å². The summed E-state index contributed by atoms with van der Waals surface area (Å²) in [6.45, 7) is 12.8. The van der Waals surface area contributed by atoms with E-state index in [0.29, 0.717) is 17.6 Å². The predicted molar refractivity (Wildman–Crippen MR) is 85.1 cm³/mol. The molecule has 0 aliphatic carbocycles. The number of hydrogen-bond acceptors (Lipinski definition) is 3. The lowest BCUT2D eigenvalue weighted by Gasteiger charge is -2.43. The first-order valence-corrected chi connectivity index (χ1v) is 8.75. The van der Waals surface area contributed by atoms with E-state index < -0.39 is 0 Å². The summed E-state index contributed by atoms with van der Waals surface area (Å²) in [4.78, 5) is 2.67. The molecule has 2 aliphatic rings. The van der Waals surface area contributed by atoms with Crippen LogP contribution >= 0.6 is 0 Å². The number of piperidine rings is 1. The molecular formula is C17H34N2O. The molecule has 0 saturated carbocycles. The zero-order valence-corrected chi connectivity index (χ0v) is 13.8. The van der Waals surface area contributed by atoms with Crippen LogP contribution in [-0.4, -0.2) is 49.8 Å². The molecule has 0 radical (unpaired) electrons. The van der Waals surface area contributed by atoms with Gasteiger partial charge >= 0.3 is 0 Å². The highest BCUT2D eigenvalue weighted by atomic mass is 16.5. The molecule has 0 aromatic heterocycles. The van der Waals surface area contributed by atoms with Gasteiger partial charge in [0.1, 0.15) is 0 Å². The van der Waals surface area contributed by atoms with Crippen LogP contribution in [0.3, 0.4) is 0 Å². The number of nitrogens with one attached hydrogen (secondary N) is 1. The normalized spacial score (nSPS) is 28.6. The lowest BCUT2D eigenvalue weighted by Crippen LogP contribution is -2.48. The first kappa shape index (κ1) is 16.3. The van der Waals surface area contributed by atoms with E-state index in [1.165, 1.54) is 51.6 Å². The number of nitrogens with zero attached hydrogens (tertiary/aromatic N) is 1. The molecule has 2 heterocycles. The molecule has 2 unspecified atom stereocenters. The fourth-order valence-electron chi connectivity index (χ4n) is 3.78. The Labute approximate surface area is 125 Å². The van der Waals surface area contributed by atoms with E-state index in [0.717, 1.165) is 19.7 Å². The average molecular weight is 282 g/mol. The second kappa shape index (κ2) is 7.77. The van der Waals surface area contributed by atoms with Crippen LogP contribution in [0.25, 0.3) is 0 Å². The SMILES string of the molecule is CCC1(CC)CCN(C(C)CNCC2CCCO2)CC1. The Bertz CT molecular complexity index is 262. The van der Waals surface area contributed by atoms with Gasteiger partial charge in [-0.2, -0.15) is 0 Å². The molecular weight excluding hydrogens is 248 g/mol. The van der Waals surface area contributed by atoms with Gasteiger partial charge in [0.2, 0.25) is 0 Å². The molecule has 0 spiro atoms. The van der Waals surface area contributed by atoms with Gasteiger partial charge < -0.3 is 10.1 Å². The third kappa shape index (κ3) is 4.19. The highest BCUT2D eigenvalue weighted by Crippen LogP contribution is 2.38. The quantitative estimate of drug-likeness (QED) is 0.777. The van der Waals surface area contributed by atoms with Crippen molar-refractivity contribution in [3.63, 3.8) is 0 Å². The molecule has 2 aliphatic heterocycles. The van der Waals surface area contributed by atoms with Gasteiger partial charge in [0.15, 0.2) is 0 Å². The number of ether oxygens (including phenoxy) is 1. The molecule has 0 aromatic rings. The van der Waals surface area contributed by atoms with Crippen molar-refractivity contribution in [2.24, 2.45) is 5.41 Å². The van der Waals surface area contributed by atoms with Crippen LogP contribution in [0.5, 0.6) is 0 Å². The fraction of sp³-hybridized carbons (Fsp3) is 1.00. The van der Waals surface area contributed by atoms with Crippen LogP contribution in [0.2, 0.25) is 0 Å². The topological polar surface area (TPSA) is 24.5 Å². The Hall–Kier alpha value is -0.120. The van der Waals surface area contributed by atoms with Crippen LogP contribution in [0.1, 0.15) is 59.3 Å². The van der Waals surface area contributed by atoms with Crippen molar-refractivity contribution < 1.29 is 4.74 Å².